The van der Waals surface area contributed by atoms with Crippen molar-refractivity contribution in [2.24, 2.45) is 5.92 Å². The van der Waals surface area contributed by atoms with Crippen molar-refractivity contribution >= 4 is 11.8 Å². The molecule has 6 heteroatoms. The summed E-state index contributed by atoms with van der Waals surface area (Å²) in [5.41, 5.74) is 0. The number of amides is 2. The minimum Gasteiger partial charge on any atom is -0.324 e. The van der Waals surface area contributed by atoms with E-state index in [1.54, 1.807) is 18.3 Å². The molecule has 0 radical (unpaired) electrons. The highest BCUT2D eigenvalue weighted by atomic mass is 16.2. The highest BCUT2D eigenvalue weighted by Gasteiger charge is 2.28. The number of hydrogen-bond acceptors (Lipinski definition) is 4. The summed E-state index contributed by atoms with van der Waals surface area (Å²) in [6, 6.07) is 3.47. The van der Waals surface area contributed by atoms with Crippen molar-refractivity contribution in [1.82, 2.24) is 20.0 Å². The van der Waals surface area contributed by atoms with E-state index in [1.165, 1.54) is 32.4 Å². The van der Waals surface area contributed by atoms with Crippen molar-refractivity contribution < 1.29 is 4.79 Å². The number of hydrogen-bond donors (Lipinski definition) is 1. The van der Waals surface area contributed by atoms with Crippen LogP contribution in [-0.2, 0) is 0 Å². The number of urea groups is 1. The Bertz CT molecular complexity index is 460. The van der Waals surface area contributed by atoms with Crippen LogP contribution >= 0.6 is 0 Å². The van der Waals surface area contributed by atoms with Gasteiger partial charge in [0.25, 0.3) is 0 Å². The van der Waals surface area contributed by atoms with Gasteiger partial charge in [0.05, 0.1) is 0 Å². The van der Waals surface area contributed by atoms with E-state index in [-0.39, 0.29) is 6.03 Å². The molecule has 1 N–H and O–H groups in total. The zero-order valence-corrected chi connectivity index (χ0v) is 12.4. The SMILES string of the molecule is O=C(Nc1cccnn1)N1CCC(CN2CCCCC2)C1. The van der Waals surface area contributed by atoms with Gasteiger partial charge in [-0.2, -0.15) is 5.10 Å². The number of nitrogens with zero attached hydrogens (tertiary/aromatic N) is 4. The van der Waals surface area contributed by atoms with Gasteiger partial charge in [-0.15, -0.1) is 5.10 Å². The highest BCUT2D eigenvalue weighted by molar-refractivity contribution is 5.88. The highest BCUT2D eigenvalue weighted by Crippen LogP contribution is 2.20. The van der Waals surface area contributed by atoms with Gasteiger partial charge in [0, 0.05) is 25.8 Å². The van der Waals surface area contributed by atoms with Crippen LogP contribution in [0.4, 0.5) is 10.6 Å². The lowest BCUT2D eigenvalue weighted by atomic mass is 10.1. The fourth-order valence-corrected chi connectivity index (χ4v) is 3.23. The Morgan fingerprint density at radius 3 is 2.90 bits per heavy atom. The lowest BCUT2D eigenvalue weighted by Crippen LogP contribution is -2.37. The predicted octanol–water partition coefficient (Wildman–Crippen LogP) is 1.82. The van der Waals surface area contributed by atoms with Crippen molar-refractivity contribution in [3.63, 3.8) is 0 Å². The second-order valence-corrected chi connectivity index (χ2v) is 6.00. The van der Waals surface area contributed by atoms with Crippen LogP contribution < -0.4 is 5.32 Å². The van der Waals surface area contributed by atoms with E-state index in [0.717, 1.165) is 26.1 Å². The maximum atomic E-state index is 12.2. The van der Waals surface area contributed by atoms with Crippen molar-refractivity contribution in [3.8, 4) is 0 Å². The number of carbonyl (C=O) groups excluding carboxylic acids is 1. The summed E-state index contributed by atoms with van der Waals surface area (Å²) in [7, 11) is 0. The number of anilines is 1. The lowest BCUT2D eigenvalue weighted by molar-refractivity contribution is 0.192. The van der Waals surface area contributed by atoms with Crippen LogP contribution in [0.1, 0.15) is 25.7 Å². The molecule has 1 aromatic rings. The van der Waals surface area contributed by atoms with Crippen molar-refractivity contribution in [3.05, 3.63) is 18.3 Å². The molecule has 1 atom stereocenters. The molecule has 0 aliphatic carbocycles. The van der Waals surface area contributed by atoms with E-state index in [2.05, 4.69) is 20.4 Å². The Morgan fingerprint density at radius 1 is 1.29 bits per heavy atom. The molecular formula is C15H23N5O. The Hall–Kier alpha value is -1.69. The average molecular weight is 289 g/mol. The van der Waals surface area contributed by atoms with E-state index >= 15 is 0 Å². The minimum atomic E-state index is -0.0587. The number of piperidine rings is 1. The number of likely N-dealkylation sites (tertiary alicyclic amines) is 2. The van der Waals surface area contributed by atoms with Crippen LogP contribution in [0.25, 0.3) is 0 Å². The average Bonchev–Trinajstić information content (AvgIpc) is 2.98. The Morgan fingerprint density at radius 2 is 2.14 bits per heavy atom. The molecule has 2 aliphatic rings. The molecule has 2 fully saturated rings. The third-order valence-electron chi connectivity index (χ3n) is 4.35. The van der Waals surface area contributed by atoms with Crippen LogP contribution in [0.3, 0.4) is 0 Å². The molecular weight excluding hydrogens is 266 g/mol. The first kappa shape index (κ1) is 14.3. The van der Waals surface area contributed by atoms with E-state index in [0.29, 0.717) is 11.7 Å². The fourth-order valence-electron chi connectivity index (χ4n) is 3.23. The van der Waals surface area contributed by atoms with Gasteiger partial charge in [-0.3, -0.25) is 5.32 Å². The van der Waals surface area contributed by atoms with Gasteiger partial charge in [-0.05, 0) is 50.4 Å². The Labute approximate surface area is 125 Å². The summed E-state index contributed by atoms with van der Waals surface area (Å²) in [4.78, 5) is 16.6. The van der Waals surface area contributed by atoms with Gasteiger partial charge < -0.3 is 9.80 Å². The first-order valence-corrected chi connectivity index (χ1v) is 7.87. The number of carbonyl (C=O) groups is 1. The van der Waals surface area contributed by atoms with Crippen molar-refractivity contribution in [2.75, 3.05) is 38.0 Å². The van der Waals surface area contributed by atoms with Crippen molar-refractivity contribution in [2.45, 2.75) is 25.7 Å². The molecule has 3 rings (SSSR count). The maximum absolute atomic E-state index is 12.2. The standard InChI is InChI=1S/C15H23N5O/c21-15(17-14-5-4-7-16-18-14)20-10-6-13(12-20)11-19-8-2-1-3-9-19/h4-5,7,13H,1-3,6,8-12H2,(H,17,18,21). The van der Waals surface area contributed by atoms with Crippen LogP contribution in [0.2, 0.25) is 0 Å². The first-order valence-electron chi connectivity index (χ1n) is 7.87. The largest absolute Gasteiger partial charge is 0.324 e. The van der Waals surface area contributed by atoms with Crippen molar-refractivity contribution in [1.29, 1.82) is 0 Å². The first-order chi connectivity index (χ1) is 10.3. The molecule has 114 valence electrons. The molecule has 0 saturated carbocycles. The van der Waals surface area contributed by atoms with Gasteiger partial charge in [-0.25, -0.2) is 4.79 Å². The second kappa shape index (κ2) is 6.85. The van der Waals surface area contributed by atoms with Crippen LogP contribution in [-0.4, -0.2) is 58.8 Å². The Kier molecular flexibility index (Phi) is 4.65. The molecule has 2 amide bonds. The summed E-state index contributed by atoms with van der Waals surface area (Å²) in [6.45, 7) is 5.27. The molecule has 3 heterocycles. The third-order valence-corrected chi connectivity index (χ3v) is 4.35. The van der Waals surface area contributed by atoms with Gasteiger partial charge >= 0.3 is 6.03 Å². The molecule has 2 saturated heterocycles. The van der Waals surface area contributed by atoms with Gasteiger partial charge in [0.2, 0.25) is 0 Å². The number of aromatic nitrogens is 2. The molecule has 0 spiro atoms. The quantitative estimate of drug-likeness (QED) is 0.922. The summed E-state index contributed by atoms with van der Waals surface area (Å²) in [6.07, 6.45) is 6.71. The zero-order valence-electron chi connectivity index (χ0n) is 12.4. The molecule has 2 aliphatic heterocycles. The monoisotopic (exact) mass is 289 g/mol. The maximum Gasteiger partial charge on any atom is 0.323 e. The van der Waals surface area contributed by atoms with E-state index < -0.39 is 0 Å². The van der Waals surface area contributed by atoms with Gasteiger partial charge in [-0.1, -0.05) is 6.42 Å². The van der Waals surface area contributed by atoms with Crippen LogP contribution in [0.15, 0.2) is 18.3 Å². The predicted molar refractivity (Wildman–Crippen MR) is 81.0 cm³/mol. The third kappa shape index (κ3) is 3.91. The Balaban J connectivity index is 1.46. The summed E-state index contributed by atoms with van der Waals surface area (Å²) >= 11 is 0. The second-order valence-electron chi connectivity index (χ2n) is 6.00. The van der Waals surface area contributed by atoms with E-state index in [1.807, 2.05) is 4.90 Å². The van der Waals surface area contributed by atoms with Crippen LogP contribution in [0, 0.1) is 5.92 Å². The van der Waals surface area contributed by atoms with Gasteiger partial charge in [0.1, 0.15) is 0 Å². The summed E-state index contributed by atoms with van der Waals surface area (Å²) in [5, 5.41) is 10.5. The lowest BCUT2D eigenvalue weighted by Gasteiger charge is -2.28. The number of nitrogens with one attached hydrogen (secondary N) is 1. The minimum absolute atomic E-state index is 0.0587. The van der Waals surface area contributed by atoms with Gasteiger partial charge in [0.15, 0.2) is 5.82 Å². The fraction of sp³-hybridized carbons (Fsp3) is 0.667. The normalized spacial score (nSPS) is 23.2. The molecule has 21 heavy (non-hydrogen) atoms. The van der Waals surface area contributed by atoms with E-state index in [4.69, 9.17) is 0 Å². The smallest absolute Gasteiger partial charge is 0.323 e. The topological polar surface area (TPSA) is 61.4 Å². The summed E-state index contributed by atoms with van der Waals surface area (Å²) < 4.78 is 0. The zero-order chi connectivity index (χ0) is 14.5. The summed E-state index contributed by atoms with van der Waals surface area (Å²) in [5.74, 6) is 1.12. The van der Waals surface area contributed by atoms with E-state index in [9.17, 15) is 4.79 Å². The molecule has 0 aromatic carbocycles. The molecule has 0 bridgehead atoms. The number of rotatable bonds is 3. The molecule has 1 unspecified atom stereocenters. The van der Waals surface area contributed by atoms with Crippen LogP contribution in [0.5, 0.6) is 0 Å². The molecule has 6 nitrogen and oxygen atoms in total. The molecule has 1 aromatic heterocycles.